The molecular formula is C13H14ClN3O2. The van der Waals surface area contributed by atoms with Crippen molar-refractivity contribution >= 4 is 33.9 Å². The average Bonchev–Trinajstić information content (AvgIpc) is 2.78. The highest BCUT2D eigenvalue weighted by molar-refractivity contribution is 6.67. The quantitative estimate of drug-likeness (QED) is 0.691. The SMILES string of the molecule is CCCCNC(=O)n1c(C(=O)Cl)nc2ccccc21. The second-order valence-electron chi connectivity index (χ2n) is 4.12. The van der Waals surface area contributed by atoms with Crippen molar-refractivity contribution < 1.29 is 9.59 Å². The summed E-state index contributed by atoms with van der Waals surface area (Å²) < 4.78 is 1.22. The van der Waals surface area contributed by atoms with Crippen LogP contribution < -0.4 is 5.32 Å². The third-order valence-electron chi connectivity index (χ3n) is 2.75. The second kappa shape index (κ2) is 5.84. The lowest BCUT2D eigenvalue weighted by molar-refractivity contribution is 0.107. The van der Waals surface area contributed by atoms with Crippen molar-refractivity contribution in [3.05, 3.63) is 30.1 Å². The largest absolute Gasteiger partial charge is 0.337 e. The Morgan fingerprint density at radius 2 is 2.11 bits per heavy atom. The maximum atomic E-state index is 12.1. The Bertz CT molecular complexity index is 621. The van der Waals surface area contributed by atoms with Crippen LogP contribution >= 0.6 is 11.6 Å². The molecule has 100 valence electrons. The standard InChI is InChI=1S/C13H14ClN3O2/c1-2-3-8-15-13(19)17-10-7-5-4-6-9(10)16-12(17)11(14)18/h4-7H,2-3,8H2,1H3,(H,15,19). The molecule has 1 N–H and O–H groups in total. The normalized spacial score (nSPS) is 10.6. The minimum atomic E-state index is -0.748. The van der Waals surface area contributed by atoms with Crippen molar-refractivity contribution in [1.82, 2.24) is 14.9 Å². The number of carbonyl (C=O) groups is 2. The van der Waals surface area contributed by atoms with Gasteiger partial charge in [0.15, 0.2) is 0 Å². The zero-order valence-electron chi connectivity index (χ0n) is 10.5. The molecule has 1 amide bonds. The molecule has 0 spiro atoms. The highest BCUT2D eigenvalue weighted by atomic mass is 35.5. The molecule has 0 fully saturated rings. The summed E-state index contributed by atoms with van der Waals surface area (Å²) in [4.78, 5) is 27.6. The van der Waals surface area contributed by atoms with Crippen LogP contribution in [0.4, 0.5) is 4.79 Å². The predicted molar refractivity (Wildman–Crippen MR) is 73.6 cm³/mol. The van der Waals surface area contributed by atoms with Crippen LogP contribution in [0.2, 0.25) is 0 Å². The first-order chi connectivity index (χ1) is 9.15. The molecule has 0 unspecified atom stereocenters. The molecule has 0 radical (unpaired) electrons. The zero-order valence-corrected chi connectivity index (χ0v) is 11.3. The van der Waals surface area contributed by atoms with Gasteiger partial charge in [-0.2, -0.15) is 0 Å². The molecule has 19 heavy (non-hydrogen) atoms. The van der Waals surface area contributed by atoms with Crippen molar-refractivity contribution in [2.75, 3.05) is 6.54 Å². The Morgan fingerprint density at radius 3 is 2.79 bits per heavy atom. The lowest BCUT2D eigenvalue weighted by Gasteiger charge is -2.07. The summed E-state index contributed by atoms with van der Waals surface area (Å²) >= 11 is 5.48. The van der Waals surface area contributed by atoms with Crippen molar-refractivity contribution in [3.63, 3.8) is 0 Å². The van der Waals surface area contributed by atoms with E-state index < -0.39 is 5.24 Å². The average molecular weight is 280 g/mol. The third kappa shape index (κ3) is 2.76. The van der Waals surface area contributed by atoms with Gasteiger partial charge in [-0.25, -0.2) is 14.3 Å². The molecule has 6 heteroatoms. The Hall–Kier alpha value is -1.88. The molecule has 0 bridgehead atoms. The molecule has 5 nitrogen and oxygen atoms in total. The van der Waals surface area contributed by atoms with Crippen LogP contribution in [0.5, 0.6) is 0 Å². The lowest BCUT2D eigenvalue weighted by Crippen LogP contribution is -2.31. The number of aromatic nitrogens is 2. The van der Waals surface area contributed by atoms with Gasteiger partial charge in [0.25, 0.3) is 5.24 Å². The second-order valence-corrected chi connectivity index (χ2v) is 4.46. The Kier molecular flexibility index (Phi) is 4.16. The molecule has 0 aliphatic heterocycles. The van der Waals surface area contributed by atoms with E-state index in [9.17, 15) is 9.59 Å². The number of para-hydroxylation sites is 2. The van der Waals surface area contributed by atoms with Gasteiger partial charge < -0.3 is 5.32 Å². The highest BCUT2D eigenvalue weighted by Gasteiger charge is 2.20. The maximum absolute atomic E-state index is 12.1. The van der Waals surface area contributed by atoms with Gasteiger partial charge in [0.05, 0.1) is 11.0 Å². The number of imidazole rings is 1. The fourth-order valence-electron chi connectivity index (χ4n) is 1.81. The summed E-state index contributed by atoms with van der Waals surface area (Å²) in [5.74, 6) is -0.0585. The number of halogens is 1. The predicted octanol–water partition coefficient (Wildman–Crippen LogP) is 2.77. The molecule has 1 aromatic heterocycles. The van der Waals surface area contributed by atoms with Crippen molar-refractivity contribution in [2.45, 2.75) is 19.8 Å². The van der Waals surface area contributed by atoms with E-state index in [4.69, 9.17) is 11.6 Å². The number of carbonyl (C=O) groups excluding carboxylic acids is 2. The smallest absolute Gasteiger partial charge is 0.327 e. The first-order valence-corrected chi connectivity index (χ1v) is 6.48. The Balaban J connectivity index is 2.41. The van der Waals surface area contributed by atoms with Gasteiger partial charge in [-0.3, -0.25) is 4.79 Å². The molecular weight excluding hydrogens is 266 g/mol. The van der Waals surface area contributed by atoms with Crippen LogP contribution in [0.25, 0.3) is 11.0 Å². The summed E-state index contributed by atoms with van der Waals surface area (Å²) in [6, 6.07) is 6.64. The van der Waals surface area contributed by atoms with E-state index >= 15 is 0 Å². The first-order valence-electron chi connectivity index (χ1n) is 6.10. The van der Waals surface area contributed by atoms with E-state index in [0.717, 1.165) is 12.8 Å². The van der Waals surface area contributed by atoms with Crippen LogP contribution in [0.1, 0.15) is 30.4 Å². The van der Waals surface area contributed by atoms with E-state index in [1.54, 1.807) is 24.3 Å². The van der Waals surface area contributed by atoms with Crippen molar-refractivity contribution in [1.29, 1.82) is 0 Å². The number of hydrogen-bond acceptors (Lipinski definition) is 3. The van der Waals surface area contributed by atoms with Gasteiger partial charge >= 0.3 is 6.03 Å². The maximum Gasteiger partial charge on any atom is 0.327 e. The molecule has 0 saturated carbocycles. The fourth-order valence-corrected chi connectivity index (χ4v) is 1.94. The van der Waals surface area contributed by atoms with Gasteiger partial charge in [0, 0.05) is 6.54 Å². The molecule has 0 atom stereocenters. The van der Waals surface area contributed by atoms with Gasteiger partial charge in [-0.1, -0.05) is 25.5 Å². The molecule has 2 rings (SSSR count). The summed E-state index contributed by atoms with van der Waals surface area (Å²) in [5.41, 5.74) is 1.14. The summed E-state index contributed by atoms with van der Waals surface area (Å²) in [6.07, 6.45) is 1.86. The van der Waals surface area contributed by atoms with E-state index in [2.05, 4.69) is 10.3 Å². The lowest BCUT2D eigenvalue weighted by atomic mass is 10.3. The van der Waals surface area contributed by atoms with Crippen LogP contribution in [0.3, 0.4) is 0 Å². The van der Waals surface area contributed by atoms with Crippen LogP contribution in [0, 0.1) is 0 Å². The van der Waals surface area contributed by atoms with E-state index in [-0.39, 0.29) is 11.9 Å². The minimum absolute atomic E-state index is 0.0585. The van der Waals surface area contributed by atoms with Crippen LogP contribution in [0.15, 0.2) is 24.3 Å². The molecule has 1 aromatic carbocycles. The van der Waals surface area contributed by atoms with Crippen molar-refractivity contribution in [3.8, 4) is 0 Å². The zero-order chi connectivity index (χ0) is 13.8. The summed E-state index contributed by atoms with van der Waals surface area (Å²) in [6.45, 7) is 2.59. The Morgan fingerprint density at radius 1 is 1.37 bits per heavy atom. The molecule has 0 aliphatic carbocycles. The van der Waals surface area contributed by atoms with Crippen molar-refractivity contribution in [2.24, 2.45) is 0 Å². The molecule has 0 saturated heterocycles. The number of amides is 1. The van der Waals surface area contributed by atoms with Gasteiger partial charge in [0.2, 0.25) is 5.82 Å². The van der Waals surface area contributed by atoms with Crippen LogP contribution in [-0.4, -0.2) is 27.4 Å². The highest BCUT2D eigenvalue weighted by Crippen LogP contribution is 2.17. The van der Waals surface area contributed by atoms with Gasteiger partial charge in [-0.05, 0) is 30.2 Å². The van der Waals surface area contributed by atoms with E-state index in [0.29, 0.717) is 17.6 Å². The topological polar surface area (TPSA) is 64.0 Å². The first kappa shape index (κ1) is 13.5. The number of nitrogens with one attached hydrogen (secondary N) is 1. The summed E-state index contributed by atoms with van der Waals surface area (Å²) in [5, 5.41) is 2.00. The van der Waals surface area contributed by atoms with Gasteiger partial charge in [0.1, 0.15) is 0 Å². The van der Waals surface area contributed by atoms with E-state index in [1.807, 2.05) is 6.92 Å². The number of nitrogens with zero attached hydrogens (tertiary/aromatic N) is 2. The number of benzene rings is 1. The summed E-state index contributed by atoms with van der Waals surface area (Å²) in [7, 11) is 0. The van der Waals surface area contributed by atoms with Gasteiger partial charge in [-0.15, -0.1) is 0 Å². The number of hydrogen-bond donors (Lipinski definition) is 1. The van der Waals surface area contributed by atoms with Crippen LogP contribution in [-0.2, 0) is 0 Å². The fraction of sp³-hybridized carbons (Fsp3) is 0.308. The monoisotopic (exact) mass is 279 g/mol. The number of unbranched alkanes of at least 4 members (excludes halogenated alkanes) is 1. The molecule has 2 aromatic rings. The van der Waals surface area contributed by atoms with E-state index in [1.165, 1.54) is 4.57 Å². The Labute approximate surface area is 115 Å². The number of rotatable bonds is 4. The molecule has 0 aliphatic rings. The molecule has 1 heterocycles. The third-order valence-corrected chi connectivity index (χ3v) is 2.92. The number of fused-ring (bicyclic) bond motifs is 1. The minimum Gasteiger partial charge on any atom is -0.337 e.